The molecule has 0 saturated carbocycles. The Bertz CT molecular complexity index is 185. The summed E-state index contributed by atoms with van der Waals surface area (Å²) in [7, 11) is 0. The van der Waals surface area contributed by atoms with E-state index in [-0.39, 0.29) is 0 Å². The van der Waals surface area contributed by atoms with Crippen molar-refractivity contribution in [2.75, 3.05) is 0 Å². The van der Waals surface area contributed by atoms with Crippen LogP contribution in [0.15, 0.2) is 36.0 Å². The molecule has 0 spiro atoms. The van der Waals surface area contributed by atoms with Crippen LogP contribution in [-0.4, -0.2) is 6.17 Å². The molecule has 0 nitrogen and oxygen atoms in total. The maximum absolute atomic E-state index is 12.4. The molecule has 0 amide bonds. The van der Waals surface area contributed by atoms with Gasteiger partial charge in [0.15, 0.2) is 0 Å². The molecule has 1 unspecified atom stereocenters. The molecular weight excluding hydrogens is 151 g/mol. The average Bonchev–Trinajstić information content (AvgIpc) is 2.02. The van der Waals surface area contributed by atoms with E-state index < -0.39 is 6.17 Å². The molecule has 0 rings (SSSR count). The lowest BCUT2D eigenvalue weighted by atomic mass is 10.2. The van der Waals surface area contributed by atoms with Crippen molar-refractivity contribution in [3.8, 4) is 0 Å². The zero-order valence-corrected chi connectivity index (χ0v) is 8.05. The first-order valence-corrected chi connectivity index (χ1v) is 4.30. The Hall–Kier alpha value is -0.850. The van der Waals surface area contributed by atoms with E-state index in [0.29, 0.717) is 6.42 Å². The minimum Gasteiger partial charge on any atom is -0.247 e. The lowest BCUT2D eigenvalue weighted by molar-refractivity contribution is 0.365. The second-order valence-corrected chi connectivity index (χ2v) is 2.71. The van der Waals surface area contributed by atoms with Crippen molar-refractivity contribution < 1.29 is 4.39 Å². The molecule has 0 aliphatic carbocycles. The van der Waals surface area contributed by atoms with Gasteiger partial charge in [-0.15, -0.1) is 0 Å². The summed E-state index contributed by atoms with van der Waals surface area (Å²) < 4.78 is 12.4. The van der Waals surface area contributed by atoms with E-state index in [0.717, 1.165) is 5.57 Å². The molecule has 0 aliphatic heterocycles. The Kier molecular flexibility index (Phi) is 6.35. The van der Waals surface area contributed by atoms with Gasteiger partial charge in [0.05, 0.1) is 0 Å². The Morgan fingerprint density at radius 3 is 2.42 bits per heavy atom. The molecular formula is C11H17F. The van der Waals surface area contributed by atoms with E-state index in [2.05, 4.69) is 0 Å². The van der Waals surface area contributed by atoms with Gasteiger partial charge in [-0.05, 0) is 32.8 Å². The molecule has 0 saturated heterocycles. The van der Waals surface area contributed by atoms with Crippen LogP contribution in [0.1, 0.15) is 27.2 Å². The van der Waals surface area contributed by atoms with Crippen LogP contribution >= 0.6 is 0 Å². The lowest BCUT2D eigenvalue weighted by Crippen LogP contribution is -1.87. The van der Waals surface area contributed by atoms with Crippen LogP contribution < -0.4 is 0 Å². The maximum atomic E-state index is 12.4. The van der Waals surface area contributed by atoms with E-state index in [1.807, 2.05) is 44.2 Å². The summed E-state index contributed by atoms with van der Waals surface area (Å²) in [6.07, 6.45) is 9.52. The number of hydrogen-bond acceptors (Lipinski definition) is 0. The van der Waals surface area contributed by atoms with Gasteiger partial charge in [0, 0.05) is 0 Å². The van der Waals surface area contributed by atoms with Gasteiger partial charge in [0.25, 0.3) is 0 Å². The highest BCUT2D eigenvalue weighted by molar-refractivity contribution is 5.29. The normalized spacial score (nSPS) is 16.2. The Labute approximate surface area is 74.5 Å². The van der Waals surface area contributed by atoms with Crippen molar-refractivity contribution in [2.45, 2.75) is 33.4 Å². The first-order valence-electron chi connectivity index (χ1n) is 4.30. The molecule has 0 bridgehead atoms. The first-order chi connectivity index (χ1) is 5.70. The van der Waals surface area contributed by atoms with Gasteiger partial charge >= 0.3 is 0 Å². The van der Waals surface area contributed by atoms with Crippen molar-refractivity contribution in [1.29, 1.82) is 0 Å². The second kappa shape index (κ2) is 6.84. The van der Waals surface area contributed by atoms with Crippen LogP contribution in [-0.2, 0) is 0 Å². The highest BCUT2D eigenvalue weighted by atomic mass is 19.1. The van der Waals surface area contributed by atoms with Crippen LogP contribution in [0.2, 0.25) is 0 Å². The van der Waals surface area contributed by atoms with E-state index in [4.69, 9.17) is 0 Å². The fourth-order valence-corrected chi connectivity index (χ4v) is 0.832. The Morgan fingerprint density at radius 2 is 2.00 bits per heavy atom. The molecule has 1 atom stereocenters. The molecule has 0 fully saturated rings. The van der Waals surface area contributed by atoms with Gasteiger partial charge in [-0.2, -0.15) is 0 Å². The van der Waals surface area contributed by atoms with Crippen LogP contribution in [0.25, 0.3) is 0 Å². The predicted octanol–water partition coefficient (Wildman–Crippen LogP) is 3.81. The highest BCUT2D eigenvalue weighted by Gasteiger charge is 1.91. The molecule has 1 heteroatoms. The summed E-state index contributed by atoms with van der Waals surface area (Å²) in [5.41, 5.74) is 1.12. The van der Waals surface area contributed by atoms with Gasteiger partial charge in [-0.25, -0.2) is 4.39 Å². The van der Waals surface area contributed by atoms with E-state index in [9.17, 15) is 4.39 Å². The fourth-order valence-electron chi connectivity index (χ4n) is 0.832. The van der Waals surface area contributed by atoms with Crippen LogP contribution in [0.3, 0.4) is 0 Å². The number of allylic oxidation sites excluding steroid dienone is 6. The summed E-state index contributed by atoms with van der Waals surface area (Å²) in [6, 6.07) is 0. The summed E-state index contributed by atoms with van der Waals surface area (Å²) in [5.74, 6) is 0. The molecule has 0 N–H and O–H groups in total. The molecule has 0 aromatic rings. The first kappa shape index (κ1) is 11.2. The van der Waals surface area contributed by atoms with Gasteiger partial charge < -0.3 is 0 Å². The van der Waals surface area contributed by atoms with Crippen molar-refractivity contribution in [3.05, 3.63) is 36.0 Å². The zero-order valence-electron chi connectivity index (χ0n) is 8.05. The third-order valence-electron chi connectivity index (χ3n) is 1.46. The topological polar surface area (TPSA) is 0 Å². The lowest BCUT2D eigenvalue weighted by Gasteiger charge is -1.94. The number of alkyl halides is 1. The van der Waals surface area contributed by atoms with Crippen LogP contribution in [0.4, 0.5) is 4.39 Å². The van der Waals surface area contributed by atoms with Gasteiger partial charge in [-0.1, -0.05) is 30.4 Å². The molecule has 0 aliphatic rings. The fraction of sp³-hybridized carbons (Fsp3) is 0.455. The number of halogens is 1. The van der Waals surface area contributed by atoms with Gasteiger partial charge in [0.1, 0.15) is 6.17 Å². The Balaban J connectivity index is 3.95. The van der Waals surface area contributed by atoms with Crippen LogP contribution in [0.5, 0.6) is 0 Å². The third kappa shape index (κ3) is 5.90. The quantitative estimate of drug-likeness (QED) is 0.560. The second-order valence-electron chi connectivity index (χ2n) is 2.71. The van der Waals surface area contributed by atoms with Crippen molar-refractivity contribution in [1.82, 2.24) is 0 Å². The van der Waals surface area contributed by atoms with E-state index in [1.165, 1.54) is 0 Å². The number of rotatable bonds is 4. The molecule has 68 valence electrons. The smallest absolute Gasteiger partial charge is 0.101 e. The standard InChI is InChI=1S/C11H17F/c1-4-7-11(5-2)9-6-8-10(3)12/h4-7,9-10H,8H2,1-3H3/b7-4-,9-6-,11-5+. The third-order valence-corrected chi connectivity index (χ3v) is 1.46. The predicted molar refractivity (Wildman–Crippen MR) is 52.9 cm³/mol. The zero-order chi connectivity index (χ0) is 9.40. The molecule has 12 heavy (non-hydrogen) atoms. The summed E-state index contributed by atoms with van der Waals surface area (Å²) in [5, 5.41) is 0. The van der Waals surface area contributed by atoms with Crippen molar-refractivity contribution in [3.63, 3.8) is 0 Å². The minimum absolute atomic E-state index is 0.495. The van der Waals surface area contributed by atoms with Crippen molar-refractivity contribution >= 4 is 0 Å². The van der Waals surface area contributed by atoms with Gasteiger partial charge in [-0.3, -0.25) is 0 Å². The van der Waals surface area contributed by atoms with Gasteiger partial charge in [0.2, 0.25) is 0 Å². The van der Waals surface area contributed by atoms with Crippen LogP contribution in [0, 0.1) is 0 Å². The molecule has 0 aromatic carbocycles. The molecule has 0 heterocycles. The summed E-state index contributed by atoms with van der Waals surface area (Å²) in [6.45, 7) is 5.50. The maximum Gasteiger partial charge on any atom is 0.101 e. The molecule has 0 aromatic heterocycles. The Morgan fingerprint density at radius 1 is 1.33 bits per heavy atom. The van der Waals surface area contributed by atoms with E-state index >= 15 is 0 Å². The van der Waals surface area contributed by atoms with Crippen molar-refractivity contribution in [2.24, 2.45) is 0 Å². The molecule has 0 radical (unpaired) electrons. The SMILES string of the molecule is C\C=C/C(/C=C\CC(C)F)=C\C. The minimum atomic E-state index is -0.745. The summed E-state index contributed by atoms with van der Waals surface area (Å²) in [4.78, 5) is 0. The number of hydrogen-bond donors (Lipinski definition) is 0. The highest BCUT2D eigenvalue weighted by Crippen LogP contribution is 2.02. The average molecular weight is 168 g/mol. The summed E-state index contributed by atoms with van der Waals surface area (Å²) >= 11 is 0. The monoisotopic (exact) mass is 168 g/mol. The van der Waals surface area contributed by atoms with E-state index in [1.54, 1.807) is 6.92 Å². The largest absolute Gasteiger partial charge is 0.247 e.